The number of carbonyl (C=O) groups is 1. The van der Waals surface area contributed by atoms with Crippen molar-refractivity contribution in [2.75, 3.05) is 26.3 Å². The highest BCUT2D eigenvalue weighted by Crippen LogP contribution is 2.35. The van der Waals surface area contributed by atoms with Crippen LogP contribution in [0.5, 0.6) is 0 Å². The van der Waals surface area contributed by atoms with E-state index in [0.717, 1.165) is 28.5 Å². The highest BCUT2D eigenvalue weighted by Gasteiger charge is 2.26. The third-order valence-corrected chi connectivity index (χ3v) is 5.58. The van der Waals surface area contributed by atoms with E-state index in [1.54, 1.807) is 12.1 Å². The van der Waals surface area contributed by atoms with Gasteiger partial charge in [0, 0.05) is 42.5 Å². The summed E-state index contributed by atoms with van der Waals surface area (Å²) in [5.74, 6) is -0.402. The number of benzene rings is 2. The second kappa shape index (κ2) is 8.15. The molecular weight excluding hydrogens is 355 g/mol. The topological polar surface area (TPSA) is 45.3 Å². The SMILES string of the molecule is CCc1cccc2c([C@H](CC(=O)N3CCOCC3)c3cccc(F)c3)c[nH]c12. The van der Waals surface area contributed by atoms with Crippen molar-refractivity contribution in [2.24, 2.45) is 0 Å². The van der Waals surface area contributed by atoms with E-state index < -0.39 is 0 Å². The highest BCUT2D eigenvalue weighted by molar-refractivity contribution is 5.88. The number of aromatic nitrogens is 1. The molecule has 1 aliphatic heterocycles. The van der Waals surface area contributed by atoms with Crippen molar-refractivity contribution >= 4 is 16.8 Å². The molecule has 4 rings (SSSR count). The summed E-state index contributed by atoms with van der Waals surface area (Å²) in [5.41, 5.74) is 4.20. The zero-order valence-electron chi connectivity index (χ0n) is 16.1. The predicted octanol–water partition coefficient (Wildman–Crippen LogP) is 4.25. The first kappa shape index (κ1) is 18.7. The van der Waals surface area contributed by atoms with Gasteiger partial charge in [-0.25, -0.2) is 4.39 Å². The largest absolute Gasteiger partial charge is 0.378 e. The molecule has 5 heteroatoms. The van der Waals surface area contributed by atoms with E-state index in [9.17, 15) is 9.18 Å². The van der Waals surface area contributed by atoms with Crippen LogP contribution in [-0.4, -0.2) is 42.1 Å². The molecule has 1 fully saturated rings. The first-order valence-corrected chi connectivity index (χ1v) is 9.87. The summed E-state index contributed by atoms with van der Waals surface area (Å²) in [6, 6.07) is 12.8. The fourth-order valence-electron chi connectivity index (χ4n) is 4.07. The smallest absolute Gasteiger partial charge is 0.223 e. The molecule has 1 aromatic heterocycles. The van der Waals surface area contributed by atoms with Gasteiger partial charge in [0.25, 0.3) is 0 Å². The molecule has 1 saturated heterocycles. The van der Waals surface area contributed by atoms with Crippen molar-refractivity contribution < 1.29 is 13.9 Å². The van der Waals surface area contributed by atoms with Gasteiger partial charge < -0.3 is 14.6 Å². The lowest BCUT2D eigenvalue weighted by Crippen LogP contribution is -2.41. The molecule has 0 aliphatic carbocycles. The van der Waals surface area contributed by atoms with Crippen LogP contribution in [0.4, 0.5) is 4.39 Å². The minimum absolute atomic E-state index is 0.0820. The second-order valence-corrected chi connectivity index (χ2v) is 7.24. The van der Waals surface area contributed by atoms with Crippen molar-refractivity contribution in [1.29, 1.82) is 0 Å². The average molecular weight is 380 g/mol. The maximum absolute atomic E-state index is 14.0. The summed E-state index contributed by atoms with van der Waals surface area (Å²) in [6.07, 6.45) is 3.22. The summed E-state index contributed by atoms with van der Waals surface area (Å²) < 4.78 is 19.3. The molecule has 0 spiro atoms. The number of carbonyl (C=O) groups excluding carboxylic acids is 1. The molecule has 0 unspecified atom stereocenters. The Bertz CT molecular complexity index is 976. The quantitative estimate of drug-likeness (QED) is 0.719. The van der Waals surface area contributed by atoms with Gasteiger partial charge in [-0.1, -0.05) is 37.3 Å². The molecule has 0 bridgehead atoms. The van der Waals surface area contributed by atoms with Gasteiger partial charge in [0.15, 0.2) is 0 Å². The number of hydrogen-bond acceptors (Lipinski definition) is 2. The number of halogens is 1. The zero-order valence-corrected chi connectivity index (χ0v) is 16.1. The lowest BCUT2D eigenvalue weighted by atomic mass is 9.87. The summed E-state index contributed by atoms with van der Waals surface area (Å²) in [7, 11) is 0. The third kappa shape index (κ3) is 3.67. The average Bonchev–Trinajstić information content (AvgIpc) is 3.16. The maximum Gasteiger partial charge on any atom is 0.223 e. The summed E-state index contributed by atoms with van der Waals surface area (Å²) in [6.45, 7) is 4.50. The standard InChI is InChI=1S/C23H25FN2O2/c1-2-16-5-4-8-19-21(15-25-23(16)19)20(17-6-3-7-18(24)13-17)14-22(27)26-9-11-28-12-10-26/h3-8,13,15,20,25H,2,9-12,14H2,1H3/t20-/m1/s1. The van der Waals surface area contributed by atoms with Crippen LogP contribution in [0.1, 0.15) is 36.0 Å². The van der Waals surface area contributed by atoms with Crippen LogP contribution in [0.15, 0.2) is 48.7 Å². The molecule has 146 valence electrons. The minimum atomic E-state index is -0.282. The Hall–Kier alpha value is -2.66. The van der Waals surface area contributed by atoms with E-state index in [2.05, 4.69) is 24.0 Å². The fraction of sp³-hybridized carbons (Fsp3) is 0.348. The van der Waals surface area contributed by atoms with E-state index in [1.165, 1.54) is 11.6 Å². The number of nitrogens with one attached hydrogen (secondary N) is 1. The molecule has 0 radical (unpaired) electrons. The Kier molecular flexibility index (Phi) is 5.44. The number of amides is 1. The molecule has 0 saturated carbocycles. The van der Waals surface area contributed by atoms with E-state index >= 15 is 0 Å². The Morgan fingerprint density at radius 1 is 1.21 bits per heavy atom. The molecule has 2 aromatic carbocycles. The van der Waals surface area contributed by atoms with Crippen LogP contribution < -0.4 is 0 Å². The van der Waals surface area contributed by atoms with Crippen LogP contribution in [0, 0.1) is 5.82 Å². The summed E-state index contributed by atoms with van der Waals surface area (Å²) >= 11 is 0. The molecule has 4 nitrogen and oxygen atoms in total. The monoisotopic (exact) mass is 380 g/mol. The molecule has 1 atom stereocenters. The van der Waals surface area contributed by atoms with Crippen molar-refractivity contribution in [3.63, 3.8) is 0 Å². The van der Waals surface area contributed by atoms with Crippen molar-refractivity contribution in [3.05, 3.63) is 71.2 Å². The molecule has 2 heterocycles. The minimum Gasteiger partial charge on any atom is -0.378 e. The van der Waals surface area contributed by atoms with E-state index in [1.807, 2.05) is 23.2 Å². The van der Waals surface area contributed by atoms with Gasteiger partial charge in [0.1, 0.15) is 5.82 Å². The first-order chi connectivity index (χ1) is 13.7. The normalized spacial score (nSPS) is 15.7. The Labute approximate surface area is 164 Å². The Morgan fingerprint density at radius 3 is 2.75 bits per heavy atom. The van der Waals surface area contributed by atoms with E-state index in [0.29, 0.717) is 32.7 Å². The van der Waals surface area contributed by atoms with Crippen LogP contribution in [0.2, 0.25) is 0 Å². The van der Waals surface area contributed by atoms with E-state index in [-0.39, 0.29) is 17.6 Å². The number of aryl methyl sites for hydroxylation is 1. The fourth-order valence-corrected chi connectivity index (χ4v) is 4.07. The Morgan fingerprint density at radius 2 is 2.00 bits per heavy atom. The van der Waals surface area contributed by atoms with Gasteiger partial charge in [0.2, 0.25) is 5.91 Å². The number of nitrogens with zero attached hydrogens (tertiary/aromatic N) is 1. The molecule has 1 aliphatic rings. The van der Waals surface area contributed by atoms with Crippen LogP contribution in [-0.2, 0) is 16.0 Å². The predicted molar refractivity (Wildman–Crippen MR) is 108 cm³/mol. The van der Waals surface area contributed by atoms with E-state index in [4.69, 9.17) is 4.74 Å². The number of hydrogen-bond donors (Lipinski definition) is 1. The third-order valence-electron chi connectivity index (χ3n) is 5.58. The lowest BCUT2D eigenvalue weighted by Gasteiger charge is -2.28. The summed E-state index contributed by atoms with van der Waals surface area (Å²) in [4.78, 5) is 18.2. The molecule has 3 aromatic rings. The molecule has 1 N–H and O–H groups in total. The van der Waals surface area contributed by atoms with Crippen LogP contribution in [0.25, 0.3) is 10.9 Å². The Balaban J connectivity index is 1.74. The van der Waals surface area contributed by atoms with Gasteiger partial charge in [-0.3, -0.25) is 4.79 Å². The highest BCUT2D eigenvalue weighted by atomic mass is 19.1. The number of ether oxygens (including phenoxy) is 1. The molecule has 1 amide bonds. The lowest BCUT2D eigenvalue weighted by molar-refractivity contribution is -0.135. The number of H-pyrrole nitrogens is 1. The number of rotatable bonds is 5. The van der Waals surface area contributed by atoms with Gasteiger partial charge >= 0.3 is 0 Å². The second-order valence-electron chi connectivity index (χ2n) is 7.24. The van der Waals surface area contributed by atoms with Gasteiger partial charge in [-0.05, 0) is 35.2 Å². The van der Waals surface area contributed by atoms with Crippen molar-refractivity contribution in [2.45, 2.75) is 25.7 Å². The van der Waals surface area contributed by atoms with Crippen molar-refractivity contribution in [1.82, 2.24) is 9.88 Å². The first-order valence-electron chi connectivity index (χ1n) is 9.87. The zero-order chi connectivity index (χ0) is 19.5. The molecule has 28 heavy (non-hydrogen) atoms. The number of morpholine rings is 1. The van der Waals surface area contributed by atoms with Gasteiger partial charge in [0.05, 0.1) is 13.2 Å². The van der Waals surface area contributed by atoms with Crippen LogP contribution >= 0.6 is 0 Å². The molecular formula is C23H25FN2O2. The number of para-hydroxylation sites is 1. The summed E-state index contributed by atoms with van der Waals surface area (Å²) in [5, 5.41) is 1.10. The van der Waals surface area contributed by atoms with Gasteiger partial charge in [-0.15, -0.1) is 0 Å². The van der Waals surface area contributed by atoms with Crippen molar-refractivity contribution in [3.8, 4) is 0 Å². The number of aromatic amines is 1. The van der Waals surface area contributed by atoms with Gasteiger partial charge in [-0.2, -0.15) is 0 Å². The van der Waals surface area contributed by atoms with Crippen LogP contribution in [0.3, 0.4) is 0 Å². The maximum atomic E-state index is 14.0. The number of fused-ring (bicyclic) bond motifs is 1.